The van der Waals surface area contributed by atoms with E-state index in [2.05, 4.69) is 21.2 Å². The molecule has 0 aromatic heterocycles. The zero-order valence-corrected chi connectivity index (χ0v) is 22.0. The Morgan fingerprint density at radius 3 is 2.32 bits per heavy atom. The van der Waals surface area contributed by atoms with Crippen LogP contribution in [0.4, 0.5) is 0 Å². The summed E-state index contributed by atoms with van der Waals surface area (Å²) >= 11 is 17.4. The second-order valence-corrected chi connectivity index (χ2v) is 11.0. The molecule has 2 amide bonds. The number of hydrogen-bond donors (Lipinski definition) is 1. The van der Waals surface area contributed by atoms with Crippen molar-refractivity contribution >= 4 is 62.7 Å². The lowest BCUT2D eigenvalue weighted by Gasteiger charge is -2.31. The molecule has 1 N–H and O–H groups in total. The summed E-state index contributed by atoms with van der Waals surface area (Å²) in [6.45, 7) is 7.85. The third-order valence-electron chi connectivity index (χ3n) is 4.44. The number of hydrogen-bond acceptors (Lipinski definition) is 3. The van der Waals surface area contributed by atoms with Gasteiger partial charge in [0.1, 0.15) is 6.04 Å². The fraction of sp³-hybridized carbons (Fsp3) is 0.391. The van der Waals surface area contributed by atoms with Gasteiger partial charge in [0, 0.05) is 32.4 Å². The van der Waals surface area contributed by atoms with Crippen molar-refractivity contribution in [1.82, 2.24) is 10.2 Å². The molecule has 2 aromatic rings. The molecule has 0 radical (unpaired) electrons. The first kappa shape index (κ1) is 26.0. The van der Waals surface area contributed by atoms with Crippen LogP contribution < -0.4 is 5.32 Å². The van der Waals surface area contributed by atoms with Gasteiger partial charge in [-0.25, -0.2) is 0 Å². The summed E-state index contributed by atoms with van der Waals surface area (Å²) in [5.41, 5.74) is 1.36. The smallest absolute Gasteiger partial charge is 0.242 e. The first-order chi connectivity index (χ1) is 14.5. The molecule has 0 spiro atoms. The summed E-state index contributed by atoms with van der Waals surface area (Å²) in [4.78, 5) is 27.6. The fourth-order valence-electron chi connectivity index (χ4n) is 2.88. The number of carbonyl (C=O) groups excluding carboxylic acids is 2. The van der Waals surface area contributed by atoms with Crippen molar-refractivity contribution in [2.45, 2.75) is 51.6 Å². The van der Waals surface area contributed by atoms with Crippen LogP contribution >= 0.6 is 50.9 Å². The van der Waals surface area contributed by atoms with E-state index in [1.165, 1.54) is 11.8 Å². The van der Waals surface area contributed by atoms with Gasteiger partial charge in [-0.15, -0.1) is 11.8 Å². The van der Waals surface area contributed by atoms with E-state index < -0.39 is 6.04 Å². The number of carbonyl (C=O) groups is 2. The molecule has 0 aliphatic carbocycles. The highest BCUT2D eigenvalue weighted by Crippen LogP contribution is 2.28. The lowest BCUT2D eigenvalue weighted by Crippen LogP contribution is -2.52. The minimum atomic E-state index is -0.616. The Bertz CT molecular complexity index is 914. The van der Waals surface area contributed by atoms with Gasteiger partial charge in [0.05, 0.1) is 5.75 Å². The molecule has 0 aliphatic rings. The highest BCUT2D eigenvalue weighted by Gasteiger charge is 2.28. The Balaban J connectivity index is 2.14. The minimum absolute atomic E-state index is 0.121. The van der Waals surface area contributed by atoms with Crippen molar-refractivity contribution in [3.63, 3.8) is 0 Å². The number of benzene rings is 2. The van der Waals surface area contributed by atoms with Crippen LogP contribution in [0, 0.1) is 0 Å². The second-order valence-electron chi connectivity index (χ2n) is 8.26. The molecule has 0 fully saturated rings. The van der Waals surface area contributed by atoms with E-state index in [4.69, 9.17) is 23.2 Å². The van der Waals surface area contributed by atoms with Gasteiger partial charge in [-0.2, -0.15) is 0 Å². The Kier molecular flexibility index (Phi) is 9.74. The van der Waals surface area contributed by atoms with Gasteiger partial charge >= 0.3 is 0 Å². The average Bonchev–Trinajstić information content (AvgIpc) is 2.66. The summed E-state index contributed by atoms with van der Waals surface area (Å²) in [7, 11) is 0. The zero-order chi connectivity index (χ0) is 23.2. The van der Waals surface area contributed by atoms with Gasteiger partial charge in [0.15, 0.2) is 0 Å². The Morgan fingerprint density at radius 1 is 1.13 bits per heavy atom. The maximum absolute atomic E-state index is 13.2. The summed E-state index contributed by atoms with van der Waals surface area (Å²) in [5.74, 6) is 0.417. The van der Waals surface area contributed by atoms with Gasteiger partial charge in [0.25, 0.3) is 0 Å². The first-order valence-corrected chi connectivity index (χ1v) is 12.5. The van der Waals surface area contributed by atoms with E-state index in [-0.39, 0.29) is 23.1 Å². The number of rotatable bonds is 8. The lowest BCUT2D eigenvalue weighted by atomic mass is 10.1. The number of amides is 2. The molecule has 0 heterocycles. The van der Waals surface area contributed by atoms with Crippen molar-refractivity contribution in [1.29, 1.82) is 0 Å². The molecular formula is C23H27BrCl2N2O2S. The average molecular weight is 546 g/mol. The van der Waals surface area contributed by atoms with E-state index >= 15 is 0 Å². The number of nitrogens with one attached hydrogen (secondary N) is 1. The molecule has 2 rings (SSSR count). The van der Waals surface area contributed by atoms with E-state index in [1.54, 1.807) is 30.0 Å². The van der Waals surface area contributed by atoms with Crippen LogP contribution in [0.15, 0.2) is 46.9 Å². The molecule has 0 saturated carbocycles. The highest BCUT2D eigenvalue weighted by atomic mass is 79.9. The van der Waals surface area contributed by atoms with Gasteiger partial charge in [0.2, 0.25) is 11.8 Å². The predicted molar refractivity (Wildman–Crippen MR) is 135 cm³/mol. The van der Waals surface area contributed by atoms with Crippen molar-refractivity contribution in [2.75, 3.05) is 5.75 Å². The molecule has 1 unspecified atom stereocenters. The van der Waals surface area contributed by atoms with Gasteiger partial charge < -0.3 is 10.2 Å². The predicted octanol–water partition coefficient (Wildman–Crippen LogP) is 6.32. The number of thioether (sulfide) groups is 1. The molecule has 4 nitrogen and oxygen atoms in total. The highest BCUT2D eigenvalue weighted by molar-refractivity contribution is 9.10. The zero-order valence-electron chi connectivity index (χ0n) is 18.0. The van der Waals surface area contributed by atoms with Crippen LogP contribution in [0.25, 0.3) is 0 Å². The second kappa shape index (κ2) is 11.6. The molecule has 0 aliphatic heterocycles. The molecule has 2 aromatic carbocycles. The van der Waals surface area contributed by atoms with Crippen molar-refractivity contribution in [3.05, 3.63) is 68.1 Å². The Hall–Kier alpha value is -1.21. The van der Waals surface area contributed by atoms with Crippen LogP contribution in [0.2, 0.25) is 10.0 Å². The van der Waals surface area contributed by atoms with Crippen LogP contribution in [0.3, 0.4) is 0 Å². The lowest BCUT2D eigenvalue weighted by molar-refractivity contribution is -0.139. The molecular weight excluding hydrogens is 519 g/mol. The Morgan fingerprint density at radius 2 is 1.74 bits per heavy atom. The van der Waals surface area contributed by atoms with Crippen molar-refractivity contribution in [3.8, 4) is 0 Å². The maximum atomic E-state index is 13.2. The van der Waals surface area contributed by atoms with Crippen LogP contribution in [-0.2, 0) is 21.9 Å². The maximum Gasteiger partial charge on any atom is 0.242 e. The van der Waals surface area contributed by atoms with Gasteiger partial charge in [-0.1, -0.05) is 57.3 Å². The minimum Gasteiger partial charge on any atom is -0.350 e. The third-order valence-corrected chi connectivity index (χ3v) is 6.59. The summed E-state index contributed by atoms with van der Waals surface area (Å²) < 4.78 is 0.923. The molecule has 31 heavy (non-hydrogen) atoms. The van der Waals surface area contributed by atoms with Crippen LogP contribution in [-0.4, -0.2) is 34.0 Å². The third kappa shape index (κ3) is 8.33. The van der Waals surface area contributed by atoms with Gasteiger partial charge in [-0.05, 0) is 63.1 Å². The summed E-state index contributed by atoms with van der Waals surface area (Å²) in [5, 5.41) is 4.12. The van der Waals surface area contributed by atoms with E-state index in [9.17, 15) is 9.59 Å². The molecule has 0 bridgehead atoms. The molecule has 168 valence electrons. The van der Waals surface area contributed by atoms with Crippen molar-refractivity contribution < 1.29 is 9.59 Å². The molecule has 1 atom stereocenters. The number of nitrogens with zero attached hydrogens (tertiary/aromatic N) is 1. The van der Waals surface area contributed by atoms with E-state index in [0.29, 0.717) is 22.3 Å². The van der Waals surface area contributed by atoms with Gasteiger partial charge in [-0.3, -0.25) is 9.59 Å². The first-order valence-electron chi connectivity index (χ1n) is 9.84. The largest absolute Gasteiger partial charge is 0.350 e. The van der Waals surface area contributed by atoms with Crippen LogP contribution in [0.5, 0.6) is 0 Å². The standard InChI is InChI=1S/C23H27BrCl2N2O2S/c1-15(22(30)27-23(2,3)4)28(12-16-7-5-8-17(24)11-16)21(29)14-31-13-18-19(25)9-6-10-20(18)26/h5-11,15H,12-14H2,1-4H3,(H,27,30). The topological polar surface area (TPSA) is 49.4 Å². The fourth-order valence-corrected chi connectivity index (χ4v) is 4.98. The monoisotopic (exact) mass is 544 g/mol. The molecule has 8 heteroatoms. The number of halogens is 3. The normalized spacial score (nSPS) is 12.4. The van der Waals surface area contributed by atoms with E-state index in [0.717, 1.165) is 15.6 Å². The quantitative estimate of drug-likeness (QED) is 0.422. The SMILES string of the molecule is CC(C(=O)NC(C)(C)C)N(Cc1cccc(Br)c1)C(=O)CSCc1c(Cl)cccc1Cl. The van der Waals surface area contributed by atoms with Crippen molar-refractivity contribution in [2.24, 2.45) is 0 Å². The van der Waals surface area contributed by atoms with Crippen LogP contribution in [0.1, 0.15) is 38.8 Å². The molecule has 0 saturated heterocycles. The van der Waals surface area contributed by atoms with E-state index in [1.807, 2.05) is 45.0 Å². The summed E-state index contributed by atoms with van der Waals surface area (Å²) in [6.07, 6.45) is 0. The summed E-state index contributed by atoms with van der Waals surface area (Å²) in [6, 6.07) is 12.5. The Labute approximate surface area is 207 Å².